The third kappa shape index (κ3) is 9.90. The van der Waals surface area contributed by atoms with Crippen molar-refractivity contribution in [2.75, 3.05) is 37.7 Å². The molecule has 0 radical (unpaired) electrons. The molecule has 0 N–H and O–H groups in total. The van der Waals surface area contributed by atoms with Crippen LogP contribution in [-0.4, -0.2) is 49.2 Å². The molecule has 0 fully saturated rings. The lowest BCUT2D eigenvalue weighted by molar-refractivity contribution is 0.159. The van der Waals surface area contributed by atoms with E-state index in [1.807, 2.05) is 6.92 Å². The molecule has 4 nitrogen and oxygen atoms in total. The molecule has 158 valence electrons. The Balaban J connectivity index is 0.000000291. The predicted octanol–water partition coefficient (Wildman–Crippen LogP) is 5.81. The highest BCUT2D eigenvalue weighted by Crippen LogP contribution is 2.09. The van der Waals surface area contributed by atoms with Crippen LogP contribution in [0.1, 0.15) is 29.2 Å². The Bertz CT molecular complexity index is 757. The second-order valence-corrected chi connectivity index (χ2v) is 8.01. The average molecular weight is 433 g/mol. The van der Waals surface area contributed by atoms with E-state index < -0.39 is 0 Å². The van der Waals surface area contributed by atoms with Crippen molar-refractivity contribution in [3.63, 3.8) is 0 Å². The summed E-state index contributed by atoms with van der Waals surface area (Å²) in [6, 6.07) is 16.7. The molecule has 0 spiro atoms. The molecule has 2 aromatic rings. The summed E-state index contributed by atoms with van der Waals surface area (Å²) in [5, 5.41) is 8.14. The zero-order valence-electron chi connectivity index (χ0n) is 18.3. The molecule has 0 aliphatic rings. The van der Waals surface area contributed by atoms with Gasteiger partial charge in [-0.3, -0.25) is 0 Å². The quantitative estimate of drug-likeness (QED) is 0.371. The number of thioether (sulfide) groups is 2. The molecule has 29 heavy (non-hydrogen) atoms. The topological polar surface area (TPSA) is 43.2 Å². The number of oxime groups is 2. The number of nitrogens with zero attached hydrogens (tertiary/aromatic N) is 2. The van der Waals surface area contributed by atoms with Gasteiger partial charge in [-0.2, -0.15) is 23.5 Å². The molecule has 0 atom stereocenters. The molecule has 2 aromatic carbocycles. The summed E-state index contributed by atoms with van der Waals surface area (Å²) < 4.78 is 0. The van der Waals surface area contributed by atoms with E-state index in [1.165, 1.54) is 11.1 Å². The van der Waals surface area contributed by atoms with Gasteiger partial charge in [-0.25, -0.2) is 0 Å². The molecule has 6 heteroatoms. The maximum Gasteiger partial charge on any atom is 0.114 e. The summed E-state index contributed by atoms with van der Waals surface area (Å²) in [6.07, 6.45) is 4.12. The minimum atomic E-state index is 0.615. The van der Waals surface area contributed by atoms with Gasteiger partial charge in [0.25, 0.3) is 0 Å². The van der Waals surface area contributed by atoms with E-state index in [1.54, 1.807) is 30.6 Å². The second kappa shape index (κ2) is 15.0. The molecule has 0 amide bonds. The molecule has 0 aromatic heterocycles. The number of hydrogen-bond acceptors (Lipinski definition) is 6. The summed E-state index contributed by atoms with van der Waals surface area (Å²) in [5.41, 5.74) is 6.79. The van der Waals surface area contributed by atoms with Crippen LogP contribution >= 0.6 is 23.5 Å². The number of aryl methyl sites for hydroxylation is 2. The maximum absolute atomic E-state index is 5.11. The van der Waals surface area contributed by atoms with Crippen molar-refractivity contribution in [1.82, 2.24) is 0 Å². The largest absolute Gasteiger partial charge is 0.399 e. The predicted molar refractivity (Wildman–Crippen MR) is 131 cm³/mol. The Morgan fingerprint density at radius 3 is 1.52 bits per heavy atom. The fourth-order valence-electron chi connectivity index (χ4n) is 2.34. The molecular formula is C23H32N2O2S2. The van der Waals surface area contributed by atoms with Crippen molar-refractivity contribution >= 4 is 34.9 Å². The van der Waals surface area contributed by atoms with Gasteiger partial charge in [0, 0.05) is 22.6 Å². The smallest absolute Gasteiger partial charge is 0.114 e. The van der Waals surface area contributed by atoms with Crippen LogP contribution in [0.5, 0.6) is 0 Å². The molecule has 0 bridgehead atoms. The van der Waals surface area contributed by atoms with Gasteiger partial charge < -0.3 is 9.68 Å². The summed E-state index contributed by atoms with van der Waals surface area (Å²) in [7, 11) is 1.58. The fourth-order valence-corrected chi connectivity index (χ4v) is 3.33. The first-order valence-corrected chi connectivity index (χ1v) is 12.2. The lowest BCUT2D eigenvalue weighted by Gasteiger charge is -2.05. The summed E-state index contributed by atoms with van der Waals surface area (Å²) in [4.78, 5) is 9.92. The average Bonchev–Trinajstić information content (AvgIpc) is 2.73. The van der Waals surface area contributed by atoms with Crippen molar-refractivity contribution < 1.29 is 9.68 Å². The van der Waals surface area contributed by atoms with Gasteiger partial charge in [0.2, 0.25) is 0 Å². The van der Waals surface area contributed by atoms with E-state index in [9.17, 15) is 0 Å². The third-order valence-corrected chi connectivity index (χ3v) is 4.96. The summed E-state index contributed by atoms with van der Waals surface area (Å²) in [6.45, 7) is 6.71. The number of rotatable bonds is 9. The Labute approximate surface area is 184 Å². The highest BCUT2D eigenvalue weighted by atomic mass is 32.2. The summed E-state index contributed by atoms with van der Waals surface area (Å²) >= 11 is 3.49. The third-order valence-electron chi connectivity index (χ3n) is 3.84. The van der Waals surface area contributed by atoms with Gasteiger partial charge in [0.05, 0.1) is 11.4 Å². The van der Waals surface area contributed by atoms with Crippen molar-refractivity contribution in [2.24, 2.45) is 10.3 Å². The van der Waals surface area contributed by atoms with E-state index >= 15 is 0 Å². The minimum absolute atomic E-state index is 0.615. The SMILES string of the molecule is CCO/N=C(\CSC)c1ccc(C)cc1.CO/N=C(\CSC)c1ccc(C)cc1. The lowest BCUT2D eigenvalue weighted by Crippen LogP contribution is -2.05. The molecule has 0 unspecified atom stereocenters. The Kier molecular flexibility index (Phi) is 13.0. The zero-order chi connectivity index (χ0) is 21.5. The van der Waals surface area contributed by atoms with Crippen LogP contribution in [0.2, 0.25) is 0 Å². The highest BCUT2D eigenvalue weighted by Gasteiger charge is 2.04. The van der Waals surface area contributed by atoms with E-state index in [2.05, 4.69) is 85.2 Å². The fraction of sp³-hybridized carbons (Fsp3) is 0.391. The van der Waals surface area contributed by atoms with E-state index in [-0.39, 0.29) is 0 Å². The van der Waals surface area contributed by atoms with Gasteiger partial charge in [0.15, 0.2) is 0 Å². The molecule has 0 aliphatic carbocycles. The lowest BCUT2D eigenvalue weighted by atomic mass is 10.1. The van der Waals surface area contributed by atoms with Crippen LogP contribution in [-0.2, 0) is 9.68 Å². The van der Waals surface area contributed by atoms with Crippen LogP contribution in [0, 0.1) is 13.8 Å². The van der Waals surface area contributed by atoms with Crippen molar-refractivity contribution in [3.05, 3.63) is 70.8 Å². The number of hydrogen-bond donors (Lipinski definition) is 0. The van der Waals surface area contributed by atoms with E-state index in [0.717, 1.165) is 34.1 Å². The molecular weight excluding hydrogens is 400 g/mol. The van der Waals surface area contributed by atoms with Crippen molar-refractivity contribution in [3.8, 4) is 0 Å². The van der Waals surface area contributed by atoms with Crippen LogP contribution in [0.3, 0.4) is 0 Å². The Hall–Kier alpha value is -1.92. The number of benzene rings is 2. The van der Waals surface area contributed by atoms with Crippen molar-refractivity contribution in [1.29, 1.82) is 0 Å². The molecule has 2 rings (SSSR count). The normalized spacial score (nSPS) is 11.5. The van der Waals surface area contributed by atoms with Crippen LogP contribution in [0.25, 0.3) is 0 Å². The van der Waals surface area contributed by atoms with Crippen LogP contribution in [0.15, 0.2) is 58.8 Å². The molecule has 0 aliphatic heterocycles. The molecule has 0 saturated carbocycles. The van der Waals surface area contributed by atoms with Gasteiger partial charge in [-0.05, 0) is 33.3 Å². The first-order valence-electron chi connectivity index (χ1n) is 9.46. The first kappa shape index (κ1) is 25.1. The minimum Gasteiger partial charge on any atom is -0.399 e. The van der Waals surface area contributed by atoms with Crippen LogP contribution < -0.4 is 0 Å². The van der Waals surface area contributed by atoms with E-state index in [0.29, 0.717) is 6.61 Å². The monoisotopic (exact) mass is 432 g/mol. The summed E-state index contributed by atoms with van der Waals surface area (Å²) in [5.74, 6) is 1.75. The van der Waals surface area contributed by atoms with Gasteiger partial charge in [-0.15, -0.1) is 0 Å². The zero-order valence-corrected chi connectivity index (χ0v) is 19.9. The standard InChI is InChI=1S/C12H17NOS.C11H15NOS/c1-4-14-13-12(9-15-3)11-7-5-10(2)6-8-11;1-9-4-6-10(7-5-9)11(8-14-3)12-13-2/h5-8H,4,9H2,1-3H3;4-7H,8H2,1-3H3/b13-12+;12-11+. The molecule has 0 saturated heterocycles. The Morgan fingerprint density at radius 1 is 0.759 bits per heavy atom. The maximum atomic E-state index is 5.11. The first-order chi connectivity index (χ1) is 14.0. The Morgan fingerprint density at radius 2 is 1.17 bits per heavy atom. The van der Waals surface area contributed by atoms with Crippen LogP contribution in [0.4, 0.5) is 0 Å². The second-order valence-electron chi connectivity index (χ2n) is 6.27. The van der Waals surface area contributed by atoms with Gasteiger partial charge in [-0.1, -0.05) is 70.0 Å². The highest BCUT2D eigenvalue weighted by molar-refractivity contribution is 7.99. The van der Waals surface area contributed by atoms with Crippen molar-refractivity contribution in [2.45, 2.75) is 20.8 Å². The molecule has 0 heterocycles. The van der Waals surface area contributed by atoms with E-state index in [4.69, 9.17) is 9.68 Å². The van der Waals surface area contributed by atoms with Gasteiger partial charge >= 0.3 is 0 Å². The van der Waals surface area contributed by atoms with Gasteiger partial charge in [0.1, 0.15) is 13.7 Å².